The van der Waals surface area contributed by atoms with Gasteiger partial charge >= 0.3 is 0 Å². The van der Waals surface area contributed by atoms with Crippen LogP contribution in [-0.4, -0.2) is 16.3 Å². The zero-order valence-electron chi connectivity index (χ0n) is 14.9. The van der Waals surface area contributed by atoms with Crippen LogP contribution in [0.4, 0.5) is 10.1 Å². The molecule has 1 N–H and O–H groups in total. The maximum absolute atomic E-state index is 13.7. The lowest BCUT2D eigenvalue weighted by atomic mass is 10.0. The van der Waals surface area contributed by atoms with Gasteiger partial charge in [-0.2, -0.15) is 0 Å². The lowest BCUT2D eigenvalue weighted by molar-refractivity contribution is -0.117. The number of hydrogen-bond donors (Lipinski definition) is 1. The van der Waals surface area contributed by atoms with Crippen molar-refractivity contribution in [2.75, 3.05) is 5.32 Å². The fourth-order valence-corrected chi connectivity index (χ4v) is 3.54. The van der Waals surface area contributed by atoms with Gasteiger partial charge in [0.05, 0.1) is 11.6 Å². The van der Waals surface area contributed by atoms with Crippen LogP contribution >= 0.6 is 0 Å². The number of carbonyl (C=O) groups is 2. The number of halogens is 1. The van der Waals surface area contributed by atoms with Gasteiger partial charge < -0.3 is 9.88 Å². The van der Waals surface area contributed by atoms with Gasteiger partial charge in [-0.05, 0) is 43.2 Å². The third-order valence-electron chi connectivity index (χ3n) is 5.04. The average Bonchev–Trinajstić information content (AvgIpc) is 3.27. The van der Waals surface area contributed by atoms with E-state index in [1.807, 2.05) is 28.8 Å². The summed E-state index contributed by atoms with van der Waals surface area (Å²) in [4.78, 5) is 25.4. The average molecular weight is 362 g/mol. The molecule has 4 nitrogen and oxygen atoms in total. The molecule has 2 heterocycles. The first kappa shape index (κ1) is 17.2. The van der Waals surface area contributed by atoms with E-state index in [0.717, 1.165) is 5.69 Å². The van der Waals surface area contributed by atoms with E-state index >= 15 is 0 Å². The molecule has 0 bridgehead atoms. The molecule has 0 radical (unpaired) electrons. The number of fused-ring (bicyclic) bond motifs is 1. The summed E-state index contributed by atoms with van der Waals surface area (Å²) >= 11 is 0. The first-order valence-corrected chi connectivity index (χ1v) is 8.91. The molecule has 0 saturated heterocycles. The Hall–Kier alpha value is -3.21. The molecule has 1 amide bonds. The minimum atomic E-state index is -0.355. The number of aryl methyl sites for hydroxylation is 1. The van der Waals surface area contributed by atoms with E-state index in [1.165, 1.54) is 6.07 Å². The van der Waals surface area contributed by atoms with Gasteiger partial charge in [0.2, 0.25) is 11.7 Å². The minimum absolute atomic E-state index is 0.0523. The molecule has 4 rings (SSSR count). The Kier molecular flexibility index (Phi) is 4.36. The Morgan fingerprint density at radius 3 is 2.59 bits per heavy atom. The van der Waals surface area contributed by atoms with Crippen LogP contribution in [0.15, 0.2) is 60.7 Å². The van der Waals surface area contributed by atoms with Crippen molar-refractivity contribution in [1.29, 1.82) is 0 Å². The molecule has 0 aliphatic carbocycles. The molecule has 1 atom stereocenters. The quantitative estimate of drug-likeness (QED) is 0.704. The number of ketones is 1. The van der Waals surface area contributed by atoms with Crippen molar-refractivity contribution in [3.8, 4) is 0 Å². The number of nitrogens with one attached hydrogen (secondary N) is 1. The summed E-state index contributed by atoms with van der Waals surface area (Å²) in [6.07, 6.45) is 0.616. The molecule has 0 fully saturated rings. The fraction of sp³-hybridized carbons (Fsp3) is 0.182. The molecule has 3 aromatic rings. The van der Waals surface area contributed by atoms with Crippen LogP contribution in [0.25, 0.3) is 0 Å². The van der Waals surface area contributed by atoms with Crippen LogP contribution in [0.5, 0.6) is 0 Å². The predicted molar refractivity (Wildman–Crippen MR) is 101 cm³/mol. The summed E-state index contributed by atoms with van der Waals surface area (Å²) in [5.41, 5.74) is 3.01. The Balaban J connectivity index is 1.55. The Labute approximate surface area is 156 Å². The molecule has 136 valence electrons. The van der Waals surface area contributed by atoms with Gasteiger partial charge in [-0.25, -0.2) is 4.39 Å². The summed E-state index contributed by atoms with van der Waals surface area (Å²) in [7, 11) is 0. The van der Waals surface area contributed by atoms with Gasteiger partial charge in [-0.3, -0.25) is 9.59 Å². The number of rotatable bonds is 4. The molecule has 1 aliphatic rings. The maximum Gasteiger partial charge on any atom is 0.233 e. The van der Waals surface area contributed by atoms with E-state index in [-0.39, 0.29) is 23.4 Å². The van der Waals surface area contributed by atoms with Crippen LogP contribution in [-0.2, 0) is 11.3 Å². The summed E-state index contributed by atoms with van der Waals surface area (Å²) < 4.78 is 15.6. The van der Waals surface area contributed by atoms with Gasteiger partial charge in [0.25, 0.3) is 0 Å². The molecule has 2 aromatic carbocycles. The molecule has 5 heteroatoms. The highest BCUT2D eigenvalue weighted by Gasteiger charge is 2.32. The smallest absolute Gasteiger partial charge is 0.233 e. The van der Waals surface area contributed by atoms with Crippen molar-refractivity contribution in [1.82, 2.24) is 4.57 Å². The number of amides is 1. The Bertz CT molecular complexity index is 1020. The summed E-state index contributed by atoms with van der Waals surface area (Å²) in [5, 5.41) is 2.79. The number of nitrogens with zero attached hydrogens (tertiary/aromatic N) is 1. The first-order chi connectivity index (χ1) is 13.0. The van der Waals surface area contributed by atoms with Crippen LogP contribution in [0, 0.1) is 12.7 Å². The lowest BCUT2D eigenvalue weighted by Gasteiger charge is -2.11. The van der Waals surface area contributed by atoms with Gasteiger partial charge in [0.1, 0.15) is 5.82 Å². The molecule has 0 saturated carbocycles. The largest absolute Gasteiger partial charge is 0.341 e. The van der Waals surface area contributed by atoms with Gasteiger partial charge in [0.15, 0.2) is 0 Å². The molecule has 1 unspecified atom stereocenters. The molecule has 1 aromatic heterocycles. The third-order valence-corrected chi connectivity index (χ3v) is 5.04. The van der Waals surface area contributed by atoms with Gasteiger partial charge in [-0.1, -0.05) is 36.4 Å². The highest BCUT2D eigenvalue weighted by atomic mass is 19.1. The minimum Gasteiger partial charge on any atom is -0.341 e. The third kappa shape index (κ3) is 3.16. The van der Waals surface area contributed by atoms with Crippen molar-refractivity contribution in [3.63, 3.8) is 0 Å². The molecule has 0 spiro atoms. The molecular formula is C22H19FN2O2. The van der Waals surface area contributed by atoms with Crippen molar-refractivity contribution in [2.45, 2.75) is 25.8 Å². The second-order valence-corrected chi connectivity index (χ2v) is 6.78. The van der Waals surface area contributed by atoms with Crippen LogP contribution in [0.3, 0.4) is 0 Å². The lowest BCUT2D eigenvalue weighted by Crippen LogP contribution is -2.19. The SMILES string of the molecule is Cc1ccc(NC(=O)C2CCn3c(C(=O)c4ccccc4)ccc32)cc1F. The monoisotopic (exact) mass is 362 g/mol. The standard InChI is InChI=1S/C22H19FN2O2/c1-14-7-8-16(13-18(14)23)24-22(27)17-11-12-25-19(17)9-10-20(25)21(26)15-5-3-2-4-6-15/h2-10,13,17H,11-12H2,1H3,(H,24,27). The number of carbonyl (C=O) groups excluding carboxylic acids is 2. The number of anilines is 1. The first-order valence-electron chi connectivity index (χ1n) is 8.91. The van der Waals surface area contributed by atoms with Gasteiger partial charge in [-0.15, -0.1) is 0 Å². The number of hydrogen-bond acceptors (Lipinski definition) is 2. The van der Waals surface area contributed by atoms with Crippen LogP contribution in [0.1, 0.15) is 39.6 Å². The van der Waals surface area contributed by atoms with Crippen LogP contribution in [0.2, 0.25) is 0 Å². The number of aromatic nitrogens is 1. The van der Waals surface area contributed by atoms with Crippen molar-refractivity contribution in [2.24, 2.45) is 0 Å². The normalized spacial score (nSPS) is 15.4. The van der Waals surface area contributed by atoms with E-state index in [4.69, 9.17) is 0 Å². The van der Waals surface area contributed by atoms with E-state index < -0.39 is 0 Å². The van der Waals surface area contributed by atoms with Crippen molar-refractivity contribution >= 4 is 17.4 Å². The van der Waals surface area contributed by atoms with Crippen LogP contribution < -0.4 is 5.32 Å². The number of benzene rings is 2. The van der Waals surface area contributed by atoms with Crippen molar-refractivity contribution in [3.05, 3.63) is 89.0 Å². The molecule has 1 aliphatic heterocycles. The summed E-state index contributed by atoms with van der Waals surface area (Å²) in [6, 6.07) is 17.4. The molecule has 27 heavy (non-hydrogen) atoms. The van der Waals surface area contributed by atoms with E-state index in [9.17, 15) is 14.0 Å². The fourth-order valence-electron chi connectivity index (χ4n) is 3.54. The highest BCUT2D eigenvalue weighted by molar-refractivity contribution is 6.08. The van der Waals surface area contributed by atoms with Crippen molar-refractivity contribution < 1.29 is 14.0 Å². The second kappa shape index (κ2) is 6.83. The second-order valence-electron chi connectivity index (χ2n) is 6.78. The highest BCUT2D eigenvalue weighted by Crippen LogP contribution is 2.32. The summed E-state index contributed by atoms with van der Waals surface area (Å²) in [6.45, 7) is 2.28. The maximum atomic E-state index is 13.7. The van der Waals surface area contributed by atoms with E-state index in [0.29, 0.717) is 35.5 Å². The summed E-state index contributed by atoms with van der Waals surface area (Å²) in [5.74, 6) is -0.942. The topological polar surface area (TPSA) is 51.1 Å². The van der Waals surface area contributed by atoms with Gasteiger partial charge in [0, 0.05) is 23.5 Å². The predicted octanol–water partition coefficient (Wildman–Crippen LogP) is 4.29. The zero-order valence-corrected chi connectivity index (χ0v) is 14.9. The Morgan fingerprint density at radius 1 is 1.07 bits per heavy atom. The zero-order chi connectivity index (χ0) is 19.0. The Morgan fingerprint density at radius 2 is 1.85 bits per heavy atom. The van der Waals surface area contributed by atoms with E-state index in [2.05, 4.69) is 5.32 Å². The molecular weight excluding hydrogens is 343 g/mol. The van der Waals surface area contributed by atoms with E-state index in [1.54, 1.807) is 37.3 Å².